The number of nitrogens with zero attached hydrogens (tertiary/aromatic N) is 4. The summed E-state index contributed by atoms with van der Waals surface area (Å²) in [5.74, 6) is -0.000445. The summed E-state index contributed by atoms with van der Waals surface area (Å²) >= 11 is 1.08. The molecule has 9 heteroatoms. The van der Waals surface area contributed by atoms with Gasteiger partial charge in [0.05, 0.1) is 16.2 Å². The second-order valence-corrected chi connectivity index (χ2v) is 7.88. The first-order valence-corrected chi connectivity index (χ1v) is 9.13. The number of carbonyl (C=O) groups is 1. The molecule has 0 saturated heterocycles. The van der Waals surface area contributed by atoms with Gasteiger partial charge in [-0.1, -0.05) is 32.5 Å². The molecule has 0 bridgehead atoms. The van der Waals surface area contributed by atoms with Crippen molar-refractivity contribution >= 4 is 29.1 Å². The molecule has 0 aliphatic heterocycles. The zero-order chi connectivity index (χ0) is 21.1. The molecule has 28 heavy (non-hydrogen) atoms. The largest absolute Gasteiger partial charge is 0.383 e. The maximum atomic E-state index is 12.2. The Hall–Kier alpha value is -3.43. The van der Waals surface area contributed by atoms with Crippen molar-refractivity contribution in [3.05, 3.63) is 45.5 Å². The van der Waals surface area contributed by atoms with E-state index in [0.717, 1.165) is 11.8 Å². The number of hydrogen-bond acceptors (Lipinski definition) is 8. The Morgan fingerprint density at radius 2 is 1.79 bits per heavy atom. The molecule has 1 heterocycles. The number of thioether (sulfide) groups is 1. The molecule has 8 nitrogen and oxygen atoms in total. The van der Waals surface area contributed by atoms with Crippen molar-refractivity contribution in [3.8, 4) is 23.3 Å². The van der Waals surface area contributed by atoms with E-state index in [1.165, 1.54) is 24.3 Å². The number of non-ortho nitro benzene ring substituents is 1. The summed E-state index contributed by atoms with van der Waals surface area (Å²) in [7, 11) is 0. The van der Waals surface area contributed by atoms with Gasteiger partial charge in [-0.2, -0.15) is 10.5 Å². The third kappa shape index (κ3) is 4.27. The van der Waals surface area contributed by atoms with Crippen molar-refractivity contribution in [2.45, 2.75) is 25.8 Å². The second kappa shape index (κ2) is 8.07. The van der Waals surface area contributed by atoms with Crippen molar-refractivity contribution < 1.29 is 9.72 Å². The van der Waals surface area contributed by atoms with E-state index >= 15 is 0 Å². The van der Waals surface area contributed by atoms with Crippen molar-refractivity contribution in [1.82, 2.24) is 4.98 Å². The van der Waals surface area contributed by atoms with Crippen LogP contribution >= 0.6 is 11.8 Å². The molecule has 2 rings (SSSR count). The standard InChI is InChI=1S/C19H17N5O3S/c1-19(2,3)15(25)10-28-18-14(9-21)16(13(8-20)17(22)23-18)11-4-6-12(7-5-11)24(26)27/h4-7H,10H2,1-3H3,(H2,22,23). The van der Waals surface area contributed by atoms with Crippen LogP contribution < -0.4 is 5.73 Å². The number of benzene rings is 1. The lowest BCUT2D eigenvalue weighted by atomic mass is 9.92. The first-order chi connectivity index (χ1) is 13.1. The lowest BCUT2D eigenvalue weighted by molar-refractivity contribution is -0.384. The number of hydrogen-bond donors (Lipinski definition) is 1. The number of nitrogens with two attached hydrogens (primary N) is 1. The highest BCUT2D eigenvalue weighted by molar-refractivity contribution is 8.00. The molecular formula is C19H17N5O3S. The number of aromatic nitrogens is 1. The molecule has 1 aromatic heterocycles. The molecule has 0 saturated carbocycles. The molecule has 0 unspecified atom stereocenters. The number of rotatable bonds is 5. The molecule has 0 amide bonds. The Labute approximate surface area is 166 Å². The third-order valence-electron chi connectivity index (χ3n) is 3.96. The lowest BCUT2D eigenvalue weighted by Gasteiger charge is -2.17. The van der Waals surface area contributed by atoms with Gasteiger partial charge in [-0.25, -0.2) is 4.98 Å². The van der Waals surface area contributed by atoms with Crippen LogP contribution in [0.25, 0.3) is 11.1 Å². The first-order valence-electron chi connectivity index (χ1n) is 8.14. The van der Waals surface area contributed by atoms with E-state index in [9.17, 15) is 25.4 Å². The van der Waals surface area contributed by atoms with Crippen molar-refractivity contribution in [1.29, 1.82) is 10.5 Å². The molecule has 0 spiro atoms. The fourth-order valence-electron chi connectivity index (χ4n) is 2.29. The number of carbonyl (C=O) groups excluding carboxylic acids is 1. The number of pyridine rings is 1. The summed E-state index contributed by atoms with van der Waals surface area (Å²) in [4.78, 5) is 26.7. The number of nitrogen functional groups attached to an aromatic ring is 1. The van der Waals surface area contributed by atoms with Gasteiger partial charge in [-0.05, 0) is 17.7 Å². The maximum Gasteiger partial charge on any atom is 0.269 e. The number of nitriles is 2. The van der Waals surface area contributed by atoms with Gasteiger partial charge in [0.25, 0.3) is 5.69 Å². The quantitative estimate of drug-likeness (QED) is 0.458. The van der Waals surface area contributed by atoms with Crippen LogP contribution in [0.2, 0.25) is 0 Å². The van der Waals surface area contributed by atoms with E-state index in [2.05, 4.69) is 4.98 Å². The highest BCUT2D eigenvalue weighted by Gasteiger charge is 2.25. The maximum absolute atomic E-state index is 12.2. The van der Waals surface area contributed by atoms with Gasteiger partial charge in [0.15, 0.2) is 0 Å². The molecular weight excluding hydrogens is 378 g/mol. The van der Waals surface area contributed by atoms with Gasteiger partial charge in [-0.15, -0.1) is 0 Å². The number of ketones is 1. The van der Waals surface area contributed by atoms with E-state index in [4.69, 9.17) is 5.73 Å². The molecule has 2 N–H and O–H groups in total. The van der Waals surface area contributed by atoms with Crippen molar-refractivity contribution in [2.75, 3.05) is 11.5 Å². The van der Waals surface area contributed by atoms with E-state index in [0.29, 0.717) is 5.56 Å². The SMILES string of the molecule is CC(C)(C)C(=O)CSc1nc(N)c(C#N)c(-c2ccc([N+](=O)[O-])cc2)c1C#N. The van der Waals surface area contributed by atoms with Crippen molar-refractivity contribution in [2.24, 2.45) is 5.41 Å². The molecule has 142 valence electrons. The molecule has 0 radical (unpaired) electrons. The van der Waals surface area contributed by atoms with Gasteiger partial charge in [0, 0.05) is 23.1 Å². The smallest absolute Gasteiger partial charge is 0.269 e. The minimum atomic E-state index is -0.543. The normalized spacial score (nSPS) is 10.8. The molecule has 1 aromatic carbocycles. The van der Waals surface area contributed by atoms with Gasteiger partial charge < -0.3 is 5.73 Å². The van der Waals surface area contributed by atoms with Crippen LogP contribution in [-0.4, -0.2) is 21.4 Å². The Morgan fingerprint density at radius 1 is 1.21 bits per heavy atom. The van der Waals surface area contributed by atoms with Gasteiger partial charge in [0.1, 0.15) is 34.3 Å². The van der Waals surface area contributed by atoms with Crippen molar-refractivity contribution in [3.63, 3.8) is 0 Å². The number of nitro benzene ring substituents is 1. The first kappa shape index (κ1) is 20.9. The number of Topliss-reactive ketones (excluding diaryl/α,β-unsaturated/α-hetero) is 1. The average Bonchev–Trinajstić information content (AvgIpc) is 2.64. The summed E-state index contributed by atoms with van der Waals surface area (Å²) in [6.45, 7) is 5.39. The fraction of sp³-hybridized carbons (Fsp3) is 0.263. The predicted octanol–water partition coefficient (Wildman–Crippen LogP) is 3.69. The zero-order valence-corrected chi connectivity index (χ0v) is 16.3. The Morgan fingerprint density at radius 3 is 2.25 bits per heavy atom. The van der Waals surface area contributed by atoms with Gasteiger partial charge in [-0.3, -0.25) is 14.9 Å². The van der Waals surface area contributed by atoms with Gasteiger partial charge >= 0.3 is 0 Å². The van der Waals surface area contributed by atoms with Gasteiger partial charge in [0.2, 0.25) is 0 Å². The molecule has 0 atom stereocenters. The van der Waals surface area contributed by atoms with Crippen LogP contribution in [0.4, 0.5) is 11.5 Å². The summed E-state index contributed by atoms with van der Waals surface area (Å²) < 4.78 is 0. The summed E-state index contributed by atoms with van der Waals surface area (Å²) in [6, 6.07) is 9.43. The van der Waals surface area contributed by atoms with Crippen LogP contribution in [0.5, 0.6) is 0 Å². The molecule has 2 aromatic rings. The summed E-state index contributed by atoms with van der Waals surface area (Å²) in [5.41, 5.74) is 6.04. The summed E-state index contributed by atoms with van der Waals surface area (Å²) in [6.07, 6.45) is 0. The van der Waals surface area contributed by atoms with E-state index in [-0.39, 0.29) is 44.8 Å². The fourth-order valence-corrected chi connectivity index (χ4v) is 3.45. The third-order valence-corrected chi connectivity index (χ3v) is 4.93. The predicted molar refractivity (Wildman–Crippen MR) is 105 cm³/mol. The Kier molecular flexibility index (Phi) is 6.02. The lowest BCUT2D eigenvalue weighted by Crippen LogP contribution is -2.22. The van der Waals surface area contributed by atoms with E-state index in [1.54, 1.807) is 20.8 Å². The minimum Gasteiger partial charge on any atom is -0.383 e. The minimum absolute atomic E-state index is 0.0110. The highest BCUT2D eigenvalue weighted by atomic mass is 32.2. The zero-order valence-electron chi connectivity index (χ0n) is 15.5. The second-order valence-electron chi connectivity index (χ2n) is 6.92. The topological polar surface area (TPSA) is 147 Å². The Balaban J connectivity index is 2.59. The highest BCUT2D eigenvalue weighted by Crippen LogP contribution is 2.36. The average molecular weight is 395 g/mol. The van der Waals surface area contributed by atoms with Crippen LogP contribution in [0.3, 0.4) is 0 Å². The van der Waals surface area contributed by atoms with Crippen LogP contribution in [0.1, 0.15) is 31.9 Å². The summed E-state index contributed by atoms with van der Waals surface area (Å²) in [5, 5.41) is 30.3. The van der Waals surface area contributed by atoms with Crippen LogP contribution in [-0.2, 0) is 4.79 Å². The number of nitro groups is 1. The van der Waals surface area contributed by atoms with E-state index in [1.807, 2.05) is 12.1 Å². The number of anilines is 1. The Bertz CT molecular complexity index is 1030. The molecule has 0 aliphatic rings. The molecule has 0 fully saturated rings. The van der Waals surface area contributed by atoms with E-state index < -0.39 is 10.3 Å². The van der Waals surface area contributed by atoms with Crippen LogP contribution in [0.15, 0.2) is 29.3 Å². The van der Waals surface area contributed by atoms with Crippen LogP contribution in [0, 0.1) is 38.2 Å². The molecule has 0 aliphatic carbocycles. The monoisotopic (exact) mass is 395 g/mol.